The molecule has 0 saturated heterocycles. The molecule has 27 heavy (non-hydrogen) atoms. The van der Waals surface area contributed by atoms with Gasteiger partial charge in [0.2, 0.25) is 0 Å². The predicted octanol–water partition coefficient (Wildman–Crippen LogP) is 3.80. The van der Waals surface area contributed by atoms with E-state index in [0.717, 1.165) is 5.56 Å². The van der Waals surface area contributed by atoms with E-state index in [1.54, 1.807) is 6.07 Å². The third-order valence-electron chi connectivity index (χ3n) is 4.59. The third-order valence-corrected chi connectivity index (χ3v) is 4.88. The van der Waals surface area contributed by atoms with Crippen LogP contribution < -0.4 is 4.90 Å². The Hall–Kier alpha value is -3.17. The van der Waals surface area contributed by atoms with Crippen molar-refractivity contribution in [3.8, 4) is 6.07 Å². The van der Waals surface area contributed by atoms with Crippen molar-refractivity contribution in [2.75, 3.05) is 11.4 Å². The average molecular weight is 381 g/mol. The van der Waals surface area contributed by atoms with E-state index in [2.05, 4.69) is 11.2 Å². The van der Waals surface area contributed by atoms with Crippen LogP contribution in [0.5, 0.6) is 0 Å². The molecule has 0 unspecified atom stereocenters. The standard InChI is InChI=1S/C20H14ClFN4O/c21-15-7-4-8-16(18(15)22)25-10-9-14-17(11-23)26(24-19(14)20(25)27)12-13-5-2-1-3-6-13/h1-8H,9-10,12H2. The van der Waals surface area contributed by atoms with Crippen molar-refractivity contribution in [2.45, 2.75) is 13.0 Å². The third kappa shape index (κ3) is 2.96. The van der Waals surface area contributed by atoms with Crippen LogP contribution in [0.3, 0.4) is 0 Å². The molecule has 0 aliphatic carbocycles. The highest BCUT2D eigenvalue weighted by molar-refractivity contribution is 6.31. The van der Waals surface area contributed by atoms with Gasteiger partial charge in [0.05, 0.1) is 17.3 Å². The lowest BCUT2D eigenvalue weighted by Gasteiger charge is -2.26. The number of halogens is 2. The smallest absolute Gasteiger partial charge is 0.279 e. The molecular formula is C20H14ClFN4O. The Morgan fingerprint density at radius 3 is 2.70 bits per heavy atom. The fourth-order valence-corrected chi connectivity index (χ4v) is 3.46. The van der Waals surface area contributed by atoms with Crippen LogP contribution in [-0.4, -0.2) is 22.2 Å². The first-order chi connectivity index (χ1) is 13.1. The van der Waals surface area contributed by atoms with Gasteiger partial charge in [-0.2, -0.15) is 10.4 Å². The molecule has 3 aromatic rings. The number of nitrogens with zero attached hydrogens (tertiary/aromatic N) is 4. The Morgan fingerprint density at radius 1 is 1.19 bits per heavy atom. The second kappa shape index (κ2) is 6.86. The lowest BCUT2D eigenvalue weighted by atomic mass is 10.0. The maximum atomic E-state index is 14.4. The Balaban J connectivity index is 1.73. The fourth-order valence-electron chi connectivity index (χ4n) is 3.29. The largest absolute Gasteiger partial charge is 0.304 e. The first kappa shape index (κ1) is 17.3. The second-order valence-corrected chi connectivity index (χ2v) is 6.62. The van der Waals surface area contributed by atoms with Crippen LogP contribution in [0, 0.1) is 17.1 Å². The minimum atomic E-state index is -0.639. The fraction of sp³-hybridized carbons (Fsp3) is 0.150. The minimum absolute atomic E-state index is 0.0431. The van der Waals surface area contributed by atoms with E-state index in [1.165, 1.54) is 21.7 Å². The zero-order valence-electron chi connectivity index (χ0n) is 14.2. The molecule has 134 valence electrons. The molecule has 4 rings (SSSR count). The number of anilines is 1. The van der Waals surface area contributed by atoms with Crippen LogP contribution in [0.15, 0.2) is 48.5 Å². The molecule has 2 heterocycles. The van der Waals surface area contributed by atoms with E-state index >= 15 is 0 Å². The molecule has 1 aromatic heterocycles. The summed E-state index contributed by atoms with van der Waals surface area (Å²) >= 11 is 5.85. The van der Waals surface area contributed by atoms with Crippen molar-refractivity contribution in [2.24, 2.45) is 0 Å². The van der Waals surface area contributed by atoms with Gasteiger partial charge in [-0.1, -0.05) is 48.0 Å². The number of fused-ring (bicyclic) bond motifs is 1. The average Bonchev–Trinajstić information content (AvgIpc) is 3.03. The maximum Gasteiger partial charge on any atom is 0.279 e. The van der Waals surface area contributed by atoms with Gasteiger partial charge in [-0.15, -0.1) is 0 Å². The Morgan fingerprint density at radius 2 is 1.96 bits per heavy atom. The van der Waals surface area contributed by atoms with Gasteiger partial charge in [-0.05, 0) is 24.1 Å². The van der Waals surface area contributed by atoms with Gasteiger partial charge in [0.1, 0.15) is 11.8 Å². The summed E-state index contributed by atoms with van der Waals surface area (Å²) in [5.74, 6) is -1.07. The Kier molecular flexibility index (Phi) is 4.38. The van der Waals surface area contributed by atoms with Crippen molar-refractivity contribution in [3.63, 3.8) is 0 Å². The van der Waals surface area contributed by atoms with Crippen molar-refractivity contribution in [1.29, 1.82) is 5.26 Å². The first-order valence-corrected chi connectivity index (χ1v) is 8.77. The summed E-state index contributed by atoms with van der Waals surface area (Å²) in [5.41, 5.74) is 2.26. The summed E-state index contributed by atoms with van der Waals surface area (Å²) in [4.78, 5) is 14.3. The number of rotatable bonds is 3. The van der Waals surface area contributed by atoms with Crippen LogP contribution in [0.25, 0.3) is 0 Å². The zero-order chi connectivity index (χ0) is 19.0. The molecule has 1 aliphatic rings. The van der Waals surface area contributed by atoms with Crippen LogP contribution in [0.2, 0.25) is 5.02 Å². The number of hydrogen-bond acceptors (Lipinski definition) is 3. The minimum Gasteiger partial charge on any atom is -0.304 e. The molecule has 0 fully saturated rings. The van der Waals surface area contributed by atoms with Crippen LogP contribution in [0.4, 0.5) is 10.1 Å². The first-order valence-electron chi connectivity index (χ1n) is 8.39. The summed E-state index contributed by atoms with van der Waals surface area (Å²) in [5, 5.41) is 13.9. The van der Waals surface area contributed by atoms with Gasteiger partial charge < -0.3 is 4.90 Å². The second-order valence-electron chi connectivity index (χ2n) is 6.21. The number of carbonyl (C=O) groups excluding carboxylic acids is 1. The van der Waals surface area contributed by atoms with E-state index < -0.39 is 11.7 Å². The van der Waals surface area contributed by atoms with Gasteiger partial charge >= 0.3 is 0 Å². The molecular weight excluding hydrogens is 367 g/mol. The van der Waals surface area contributed by atoms with Gasteiger partial charge in [-0.3, -0.25) is 4.79 Å². The molecule has 2 aromatic carbocycles. The molecule has 7 heteroatoms. The van der Waals surface area contributed by atoms with Gasteiger partial charge in [0.15, 0.2) is 11.5 Å². The molecule has 1 aliphatic heterocycles. The summed E-state index contributed by atoms with van der Waals surface area (Å²) in [6.07, 6.45) is 0.421. The molecule has 1 amide bonds. The maximum absolute atomic E-state index is 14.4. The van der Waals surface area contributed by atoms with Crippen molar-refractivity contribution in [3.05, 3.63) is 81.9 Å². The van der Waals surface area contributed by atoms with Gasteiger partial charge in [-0.25, -0.2) is 9.07 Å². The number of carbonyl (C=O) groups is 1. The van der Waals surface area contributed by atoms with E-state index in [-0.39, 0.29) is 22.9 Å². The van der Waals surface area contributed by atoms with Crippen molar-refractivity contribution < 1.29 is 9.18 Å². The molecule has 0 N–H and O–H groups in total. The molecule has 0 radical (unpaired) electrons. The van der Waals surface area contributed by atoms with Crippen molar-refractivity contribution in [1.82, 2.24) is 9.78 Å². The predicted molar refractivity (Wildman–Crippen MR) is 99.3 cm³/mol. The molecule has 0 saturated carbocycles. The molecule has 0 bridgehead atoms. The number of hydrogen-bond donors (Lipinski definition) is 0. The summed E-state index contributed by atoms with van der Waals surface area (Å²) < 4.78 is 15.9. The number of aromatic nitrogens is 2. The van der Waals surface area contributed by atoms with Crippen LogP contribution >= 0.6 is 11.6 Å². The normalized spacial score (nSPS) is 13.4. The van der Waals surface area contributed by atoms with E-state index in [0.29, 0.717) is 24.2 Å². The molecule has 0 spiro atoms. The topological polar surface area (TPSA) is 61.9 Å². The lowest BCUT2D eigenvalue weighted by molar-refractivity contribution is 0.0974. The monoisotopic (exact) mass is 380 g/mol. The highest BCUT2D eigenvalue weighted by Gasteiger charge is 2.33. The highest BCUT2D eigenvalue weighted by Crippen LogP contribution is 2.30. The quantitative estimate of drug-likeness (QED) is 0.694. The van der Waals surface area contributed by atoms with E-state index in [4.69, 9.17) is 11.6 Å². The molecule has 0 atom stereocenters. The summed E-state index contributed by atoms with van der Waals surface area (Å²) in [6.45, 7) is 0.643. The zero-order valence-corrected chi connectivity index (χ0v) is 14.9. The summed E-state index contributed by atoms with van der Waals surface area (Å²) in [7, 11) is 0. The lowest BCUT2D eigenvalue weighted by Crippen LogP contribution is -2.38. The van der Waals surface area contributed by atoms with E-state index in [1.807, 2.05) is 30.3 Å². The van der Waals surface area contributed by atoms with E-state index in [9.17, 15) is 14.4 Å². The van der Waals surface area contributed by atoms with Crippen molar-refractivity contribution >= 4 is 23.2 Å². The molecule has 5 nitrogen and oxygen atoms in total. The van der Waals surface area contributed by atoms with Gasteiger partial charge in [0, 0.05) is 12.1 Å². The highest BCUT2D eigenvalue weighted by atomic mass is 35.5. The van der Waals surface area contributed by atoms with Gasteiger partial charge in [0.25, 0.3) is 5.91 Å². The summed E-state index contributed by atoms with van der Waals surface area (Å²) in [6, 6.07) is 16.3. The van der Waals surface area contributed by atoms with Crippen LogP contribution in [-0.2, 0) is 13.0 Å². The Bertz CT molecular complexity index is 1070. The Labute approximate surface area is 160 Å². The number of nitriles is 1. The SMILES string of the molecule is N#Cc1c2c(nn1Cc1ccccc1)C(=O)N(c1cccc(Cl)c1F)CC2. The number of benzene rings is 2. The van der Waals surface area contributed by atoms with Crippen LogP contribution in [0.1, 0.15) is 27.3 Å². The number of amides is 1.